The van der Waals surface area contributed by atoms with Crippen molar-refractivity contribution in [3.8, 4) is 0 Å². The first-order valence-corrected chi connectivity index (χ1v) is 13.4. The average Bonchev–Trinajstić information content (AvgIpc) is 2.91. The molecule has 1 fully saturated rings. The van der Waals surface area contributed by atoms with Crippen molar-refractivity contribution in [1.29, 1.82) is 0 Å². The van der Waals surface area contributed by atoms with Crippen LogP contribution in [0.25, 0.3) is 0 Å². The van der Waals surface area contributed by atoms with Crippen molar-refractivity contribution in [2.45, 2.75) is 19.3 Å². The van der Waals surface area contributed by atoms with Gasteiger partial charge in [0.1, 0.15) is 6.54 Å². The molecule has 38 heavy (non-hydrogen) atoms. The Morgan fingerprint density at radius 2 is 1.58 bits per heavy atom. The Morgan fingerprint density at radius 3 is 2.11 bits per heavy atom. The van der Waals surface area contributed by atoms with Crippen molar-refractivity contribution < 1.29 is 47.1 Å². The van der Waals surface area contributed by atoms with Crippen LogP contribution in [0.3, 0.4) is 0 Å². The largest absolute Gasteiger partial charge is 0.480 e. The van der Waals surface area contributed by atoms with Gasteiger partial charge in [0.15, 0.2) is 0 Å². The van der Waals surface area contributed by atoms with Gasteiger partial charge in [0.05, 0.1) is 32.5 Å². The summed E-state index contributed by atoms with van der Waals surface area (Å²) in [5.74, 6) is -1.31. The summed E-state index contributed by atoms with van der Waals surface area (Å²) < 4.78 is 39.8. The molecule has 1 saturated heterocycles. The summed E-state index contributed by atoms with van der Waals surface area (Å²) in [6.07, 6.45) is -1.09. The Kier molecular flexibility index (Phi) is 11.5. The number of aliphatic carboxylic acids is 1. The lowest BCUT2D eigenvalue weighted by atomic mass is 10.2. The minimum Gasteiger partial charge on any atom is -0.480 e. The van der Waals surface area contributed by atoms with Crippen molar-refractivity contribution in [3.05, 3.63) is 71.8 Å². The van der Waals surface area contributed by atoms with Crippen molar-refractivity contribution in [1.82, 2.24) is 9.80 Å². The summed E-state index contributed by atoms with van der Waals surface area (Å²) in [6.45, 7) is -1.52. The zero-order valence-corrected chi connectivity index (χ0v) is 22.0. The highest BCUT2D eigenvalue weighted by Gasteiger charge is 2.32. The average molecular weight is 571 g/mol. The van der Waals surface area contributed by atoms with E-state index in [1.165, 1.54) is 4.90 Å². The van der Waals surface area contributed by atoms with Crippen LogP contribution in [0.15, 0.2) is 60.7 Å². The number of phosphoric ester groups is 1. The van der Waals surface area contributed by atoms with Gasteiger partial charge in [-0.25, -0.2) is 13.9 Å². The predicted octanol–water partition coefficient (Wildman–Crippen LogP) is 4.09. The lowest BCUT2D eigenvalue weighted by Gasteiger charge is -2.36. The predicted molar refractivity (Wildman–Crippen MR) is 134 cm³/mol. The number of hydrogen-bond donors (Lipinski definition) is 1. The van der Waals surface area contributed by atoms with Gasteiger partial charge in [0.25, 0.3) is 0 Å². The molecule has 1 aliphatic heterocycles. The van der Waals surface area contributed by atoms with Crippen molar-refractivity contribution >= 4 is 36.9 Å². The number of benzene rings is 2. The van der Waals surface area contributed by atoms with E-state index in [4.69, 9.17) is 34.6 Å². The maximum absolute atomic E-state index is 13.3. The van der Waals surface area contributed by atoms with Crippen LogP contribution in [0.5, 0.6) is 0 Å². The molecule has 14 heteroatoms. The van der Waals surface area contributed by atoms with Gasteiger partial charge in [-0.1, -0.05) is 60.7 Å². The normalized spacial score (nSPS) is 15.6. The van der Waals surface area contributed by atoms with Crippen LogP contribution in [0.2, 0.25) is 0 Å². The Hall–Kier alpha value is -2.99. The number of carbonyl (C=O) groups excluding carboxylic acids is 2. The monoisotopic (exact) mass is 570 g/mol. The van der Waals surface area contributed by atoms with E-state index in [0.29, 0.717) is 11.1 Å². The van der Waals surface area contributed by atoms with Gasteiger partial charge in [-0.3, -0.25) is 23.5 Å². The minimum absolute atomic E-state index is 0.0498. The number of carbonyl (C=O) groups is 3. The molecule has 0 aliphatic carbocycles. The first-order valence-electron chi connectivity index (χ1n) is 11.5. The van der Waals surface area contributed by atoms with Crippen LogP contribution in [-0.2, 0) is 45.6 Å². The molecule has 1 N–H and O–H groups in total. The molecule has 0 bridgehead atoms. The van der Waals surface area contributed by atoms with Crippen LogP contribution < -0.4 is 0 Å². The summed E-state index contributed by atoms with van der Waals surface area (Å²) in [6, 6.07) is 17.1. The fourth-order valence-corrected chi connectivity index (χ4v) is 4.70. The second-order valence-electron chi connectivity index (χ2n) is 8.07. The van der Waals surface area contributed by atoms with Crippen LogP contribution in [0, 0.1) is 0 Å². The molecule has 0 aromatic heterocycles. The van der Waals surface area contributed by atoms with Crippen molar-refractivity contribution in [2.24, 2.45) is 0 Å². The van der Waals surface area contributed by atoms with E-state index >= 15 is 0 Å². The number of carboxylic acids is 1. The lowest BCUT2D eigenvalue weighted by molar-refractivity contribution is -0.138. The van der Waals surface area contributed by atoms with E-state index in [0.717, 1.165) is 4.90 Å². The van der Waals surface area contributed by atoms with Gasteiger partial charge in [-0.2, -0.15) is 0 Å². The highest BCUT2D eigenvalue weighted by atomic mass is 35.5. The number of rotatable bonds is 13. The van der Waals surface area contributed by atoms with Gasteiger partial charge in [-0.05, 0) is 22.7 Å². The molecule has 0 spiro atoms. The van der Waals surface area contributed by atoms with E-state index in [9.17, 15) is 24.1 Å². The third-order valence-electron chi connectivity index (χ3n) is 5.33. The van der Waals surface area contributed by atoms with Gasteiger partial charge in [-0.15, -0.1) is 0 Å². The molecule has 1 heterocycles. The molecule has 2 aromatic carbocycles. The summed E-state index contributed by atoms with van der Waals surface area (Å²) in [4.78, 5) is 37.8. The number of carboxylic acid groups (broad SMARTS) is 1. The van der Waals surface area contributed by atoms with Crippen molar-refractivity contribution in [3.63, 3.8) is 0 Å². The van der Waals surface area contributed by atoms with Crippen LogP contribution >= 0.6 is 19.4 Å². The molecule has 0 radical (unpaired) electrons. The third-order valence-corrected chi connectivity index (χ3v) is 6.86. The maximum atomic E-state index is 13.3. The minimum atomic E-state index is -4.22. The highest BCUT2D eigenvalue weighted by Crippen LogP contribution is 2.50. The van der Waals surface area contributed by atoms with E-state index in [-0.39, 0.29) is 39.5 Å². The van der Waals surface area contributed by atoms with Crippen LogP contribution in [-0.4, -0.2) is 78.0 Å². The summed E-state index contributed by atoms with van der Waals surface area (Å²) in [5, 5.41) is 8.49. The molecule has 1 atom stereocenters. The number of amides is 2. The summed E-state index contributed by atoms with van der Waals surface area (Å²) in [7, 11) is -4.22. The van der Waals surface area contributed by atoms with Crippen molar-refractivity contribution in [2.75, 3.05) is 39.6 Å². The molecular weight excluding hydrogens is 543 g/mol. The quantitative estimate of drug-likeness (QED) is 0.162. The summed E-state index contributed by atoms with van der Waals surface area (Å²) >= 11 is 5.60. The molecule has 12 nitrogen and oxygen atoms in total. The fourth-order valence-electron chi connectivity index (χ4n) is 3.46. The zero-order valence-electron chi connectivity index (χ0n) is 20.3. The van der Waals surface area contributed by atoms with E-state index in [1.807, 2.05) is 12.1 Å². The Morgan fingerprint density at radius 1 is 1.00 bits per heavy atom. The molecule has 2 amide bonds. The number of morpholine rings is 1. The highest BCUT2D eigenvalue weighted by molar-refractivity contribution is 7.48. The van der Waals surface area contributed by atoms with Crippen LogP contribution in [0.1, 0.15) is 11.1 Å². The summed E-state index contributed by atoms with van der Waals surface area (Å²) in [5.41, 5.74) is 1.41. The second-order valence-corrected chi connectivity index (χ2v) is 10.1. The van der Waals surface area contributed by atoms with E-state index in [1.54, 1.807) is 48.5 Å². The zero-order chi connectivity index (χ0) is 27.4. The SMILES string of the molecule is O=C(O)CN(C[C@@H]1COCCN1C(=O)Cl)C(=O)OCOP(=O)(OCc1ccccc1)OCc1ccccc1. The smallest absolute Gasteiger partial charge is 0.478 e. The van der Waals surface area contributed by atoms with Crippen LogP contribution in [0.4, 0.5) is 9.59 Å². The Bertz CT molecular complexity index is 1060. The Labute approximate surface area is 224 Å². The molecular formula is C24H28ClN2O10P. The van der Waals surface area contributed by atoms with E-state index in [2.05, 4.69) is 0 Å². The number of nitrogens with zero attached hydrogens (tertiary/aromatic N) is 2. The van der Waals surface area contributed by atoms with Gasteiger partial charge in [0, 0.05) is 13.1 Å². The fraction of sp³-hybridized carbons (Fsp3) is 0.375. The maximum Gasteiger partial charge on any atom is 0.478 e. The number of halogens is 1. The second kappa shape index (κ2) is 14.8. The van der Waals surface area contributed by atoms with E-state index < -0.39 is 44.6 Å². The standard InChI is InChI=1S/C24H28ClN2O10P/c25-23(30)27-11-12-33-17-21(27)13-26(14-22(28)29)24(31)34-18-37-38(32,35-15-19-7-3-1-4-8-19)36-16-20-9-5-2-6-10-20/h1-10,21H,11-18H2,(H,28,29)/t21-/m1/s1. The van der Waals surface area contributed by atoms with Gasteiger partial charge < -0.3 is 19.5 Å². The molecule has 0 unspecified atom stereocenters. The first-order chi connectivity index (χ1) is 18.3. The number of phosphoric acid groups is 1. The molecule has 1 aliphatic rings. The third kappa shape index (κ3) is 9.71. The molecule has 206 valence electrons. The first kappa shape index (κ1) is 29.6. The number of hydrogen-bond acceptors (Lipinski definition) is 9. The van der Waals surface area contributed by atoms with Gasteiger partial charge >= 0.3 is 25.3 Å². The topological polar surface area (TPSA) is 141 Å². The molecule has 2 aromatic rings. The lowest BCUT2D eigenvalue weighted by Crippen LogP contribution is -2.54. The molecule has 3 rings (SSSR count). The van der Waals surface area contributed by atoms with Gasteiger partial charge in [0.2, 0.25) is 6.79 Å². The molecule has 0 saturated carbocycles. The Balaban J connectivity index is 1.62. The number of ether oxygens (including phenoxy) is 2.